The van der Waals surface area contributed by atoms with Crippen molar-refractivity contribution in [3.05, 3.63) is 10.4 Å². The van der Waals surface area contributed by atoms with Crippen molar-refractivity contribution >= 4 is 0 Å². The molecular formula is C7H16N4O2. The number of aliphatic hydroxyl groups is 1. The van der Waals surface area contributed by atoms with E-state index in [0.29, 0.717) is 26.2 Å². The highest BCUT2D eigenvalue weighted by molar-refractivity contribution is 4.61. The third-order valence-corrected chi connectivity index (χ3v) is 1.53. The van der Waals surface area contributed by atoms with E-state index < -0.39 is 6.10 Å². The number of likely N-dealkylation sites (N-methyl/N-ethyl adjacent to an activating group) is 1. The molecule has 76 valence electrons. The molecule has 0 saturated carbocycles. The summed E-state index contributed by atoms with van der Waals surface area (Å²) in [6, 6.07) is 0. The van der Waals surface area contributed by atoms with Crippen LogP contribution in [0.1, 0.15) is 0 Å². The summed E-state index contributed by atoms with van der Waals surface area (Å²) in [7, 11) is 3.40. The van der Waals surface area contributed by atoms with Gasteiger partial charge in [0, 0.05) is 31.7 Å². The van der Waals surface area contributed by atoms with Crippen LogP contribution in [0.4, 0.5) is 0 Å². The Labute approximate surface area is 77.7 Å². The van der Waals surface area contributed by atoms with E-state index in [0.717, 1.165) is 0 Å². The molecule has 1 atom stereocenters. The van der Waals surface area contributed by atoms with Gasteiger partial charge >= 0.3 is 0 Å². The fourth-order valence-corrected chi connectivity index (χ4v) is 0.956. The summed E-state index contributed by atoms with van der Waals surface area (Å²) in [6.07, 6.45) is -0.485. The molecule has 0 aliphatic heterocycles. The van der Waals surface area contributed by atoms with Crippen LogP contribution in [-0.2, 0) is 4.74 Å². The first-order valence-corrected chi connectivity index (χ1v) is 4.07. The third kappa shape index (κ3) is 7.55. The molecule has 0 radical (unpaired) electrons. The van der Waals surface area contributed by atoms with Gasteiger partial charge in [-0.25, -0.2) is 0 Å². The van der Waals surface area contributed by atoms with Crippen molar-refractivity contribution < 1.29 is 9.84 Å². The van der Waals surface area contributed by atoms with Crippen molar-refractivity contribution in [2.45, 2.75) is 6.10 Å². The first-order valence-electron chi connectivity index (χ1n) is 4.07. The Morgan fingerprint density at radius 2 is 2.38 bits per heavy atom. The molecule has 0 spiro atoms. The molecule has 1 unspecified atom stereocenters. The van der Waals surface area contributed by atoms with Crippen LogP contribution in [0.15, 0.2) is 5.11 Å². The molecule has 6 heteroatoms. The van der Waals surface area contributed by atoms with E-state index in [1.165, 1.54) is 0 Å². The summed E-state index contributed by atoms with van der Waals surface area (Å²) >= 11 is 0. The molecule has 0 fully saturated rings. The Hall–Kier alpha value is -0.810. The average molecular weight is 188 g/mol. The fourth-order valence-electron chi connectivity index (χ4n) is 0.956. The minimum Gasteiger partial charge on any atom is -0.389 e. The Balaban J connectivity index is 3.48. The second-order valence-electron chi connectivity index (χ2n) is 2.83. The Morgan fingerprint density at radius 3 is 2.92 bits per heavy atom. The number of ether oxygens (including phenoxy) is 1. The summed E-state index contributed by atoms with van der Waals surface area (Å²) in [6.45, 7) is 1.91. The van der Waals surface area contributed by atoms with E-state index >= 15 is 0 Å². The van der Waals surface area contributed by atoms with Crippen molar-refractivity contribution in [3.63, 3.8) is 0 Å². The van der Waals surface area contributed by atoms with E-state index in [1.54, 1.807) is 7.11 Å². The van der Waals surface area contributed by atoms with Crippen molar-refractivity contribution in [2.24, 2.45) is 5.11 Å². The lowest BCUT2D eigenvalue weighted by atomic mass is 10.3. The number of aliphatic hydroxyl groups excluding tert-OH is 1. The minimum absolute atomic E-state index is 0.325. The maximum Gasteiger partial charge on any atom is 0.0899 e. The van der Waals surface area contributed by atoms with Crippen LogP contribution < -0.4 is 0 Å². The summed E-state index contributed by atoms with van der Waals surface area (Å²) in [5.74, 6) is 0. The van der Waals surface area contributed by atoms with Crippen LogP contribution >= 0.6 is 0 Å². The molecule has 0 amide bonds. The molecule has 1 N–H and O–H groups in total. The van der Waals surface area contributed by atoms with Crippen molar-refractivity contribution in [1.82, 2.24) is 4.90 Å². The molecule has 13 heavy (non-hydrogen) atoms. The SMILES string of the molecule is COCC(O)CN(C)CCN=[N+]=[N-]. The smallest absolute Gasteiger partial charge is 0.0899 e. The summed E-state index contributed by atoms with van der Waals surface area (Å²) in [5, 5.41) is 12.7. The zero-order valence-electron chi connectivity index (χ0n) is 8.05. The van der Waals surface area contributed by atoms with Gasteiger partial charge in [0.25, 0.3) is 0 Å². The van der Waals surface area contributed by atoms with E-state index in [-0.39, 0.29) is 0 Å². The zero-order chi connectivity index (χ0) is 10.1. The number of methoxy groups -OCH3 is 1. The fraction of sp³-hybridized carbons (Fsp3) is 1.00. The third-order valence-electron chi connectivity index (χ3n) is 1.53. The van der Waals surface area contributed by atoms with Gasteiger partial charge in [0.15, 0.2) is 0 Å². The lowest BCUT2D eigenvalue weighted by Crippen LogP contribution is -2.33. The van der Waals surface area contributed by atoms with Gasteiger partial charge in [-0.05, 0) is 12.6 Å². The molecule has 0 aliphatic carbocycles. The second kappa shape index (κ2) is 7.82. The predicted octanol–water partition coefficient (Wildman–Crippen LogP) is 0.236. The molecule has 0 aromatic carbocycles. The predicted molar refractivity (Wildman–Crippen MR) is 49.4 cm³/mol. The van der Waals surface area contributed by atoms with E-state index in [1.807, 2.05) is 11.9 Å². The maximum atomic E-state index is 9.31. The normalized spacial score (nSPS) is 12.6. The van der Waals surface area contributed by atoms with Crippen LogP contribution in [0, 0.1) is 0 Å². The molecule has 6 nitrogen and oxygen atoms in total. The quantitative estimate of drug-likeness (QED) is 0.353. The topological polar surface area (TPSA) is 81.5 Å². The van der Waals surface area contributed by atoms with Crippen LogP contribution in [0.25, 0.3) is 10.4 Å². The maximum absolute atomic E-state index is 9.31. The number of azide groups is 1. The first kappa shape index (κ1) is 12.2. The summed E-state index contributed by atoms with van der Waals surface area (Å²) in [4.78, 5) is 4.52. The van der Waals surface area contributed by atoms with E-state index in [4.69, 9.17) is 10.3 Å². The van der Waals surface area contributed by atoms with Gasteiger partial charge in [0.1, 0.15) is 0 Å². The van der Waals surface area contributed by atoms with Crippen LogP contribution in [0.3, 0.4) is 0 Å². The minimum atomic E-state index is -0.485. The summed E-state index contributed by atoms with van der Waals surface area (Å²) in [5.41, 5.74) is 8.02. The number of rotatable bonds is 7. The lowest BCUT2D eigenvalue weighted by molar-refractivity contribution is 0.0439. The van der Waals surface area contributed by atoms with Crippen LogP contribution in [0.2, 0.25) is 0 Å². The number of nitrogens with zero attached hydrogens (tertiary/aromatic N) is 4. The largest absolute Gasteiger partial charge is 0.389 e. The van der Waals surface area contributed by atoms with Gasteiger partial charge in [-0.15, -0.1) is 0 Å². The monoisotopic (exact) mass is 188 g/mol. The van der Waals surface area contributed by atoms with Gasteiger partial charge in [-0.1, -0.05) is 5.11 Å². The highest BCUT2D eigenvalue weighted by atomic mass is 16.5. The van der Waals surface area contributed by atoms with E-state index in [9.17, 15) is 5.11 Å². The molecule has 0 aliphatic rings. The van der Waals surface area contributed by atoms with Crippen molar-refractivity contribution in [1.29, 1.82) is 0 Å². The highest BCUT2D eigenvalue weighted by Gasteiger charge is 2.06. The van der Waals surface area contributed by atoms with Gasteiger partial charge in [0.2, 0.25) is 0 Å². The molecule has 0 heterocycles. The lowest BCUT2D eigenvalue weighted by Gasteiger charge is -2.18. The Kier molecular flexibility index (Phi) is 7.33. The van der Waals surface area contributed by atoms with E-state index in [2.05, 4.69) is 10.0 Å². The molecule has 0 aromatic heterocycles. The molecule has 0 bridgehead atoms. The first-order chi connectivity index (χ1) is 6.20. The standard InChI is InChI=1S/C7H16N4O2/c1-11(4-3-9-10-8)5-7(12)6-13-2/h7,12H,3-6H2,1-2H3. The van der Waals surface area contributed by atoms with Gasteiger partial charge in [-0.2, -0.15) is 0 Å². The summed E-state index contributed by atoms with van der Waals surface area (Å²) < 4.78 is 4.77. The number of hydrogen-bond acceptors (Lipinski definition) is 4. The van der Waals surface area contributed by atoms with Crippen molar-refractivity contribution in [3.8, 4) is 0 Å². The van der Waals surface area contributed by atoms with Crippen molar-refractivity contribution in [2.75, 3.05) is 40.4 Å². The van der Waals surface area contributed by atoms with Crippen LogP contribution in [-0.4, -0.2) is 56.5 Å². The zero-order valence-corrected chi connectivity index (χ0v) is 8.05. The molecule has 0 aromatic rings. The van der Waals surface area contributed by atoms with Gasteiger partial charge in [-0.3, -0.25) is 0 Å². The number of hydrogen-bond donors (Lipinski definition) is 1. The molecule has 0 saturated heterocycles. The van der Waals surface area contributed by atoms with Crippen LogP contribution in [0.5, 0.6) is 0 Å². The Bertz CT molecular complexity index is 170. The van der Waals surface area contributed by atoms with Gasteiger partial charge < -0.3 is 14.7 Å². The average Bonchev–Trinajstić information content (AvgIpc) is 2.05. The highest BCUT2D eigenvalue weighted by Crippen LogP contribution is 1.90. The Morgan fingerprint density at radius 1 is 1.69 bits per heavy atom. The molecule has 0 rings (SSSR count). The second-order valence-corrected chi connectivity index (χ2v) is 2.83. The van der Waals surface area contributed by atoms with Gasteiger partial charge in [0.05, 0.1) is 12.7 Å². The molecular weight excluding hydrogens is 172 g/mol.